The molecule has 3 rings (SSSR count). The van der Waals surface area contributed by atoms with Gasteiger partial charge in [-0.1, -0.05) is 11.6 Å². The van der Waals surface area contributed by atoms with E-state index in [0.29, 0.717) is 24.0 Å². The van der Waals surface area contributed by atoms with Crippen molar-refractivity contribution in [2.75, 3.05) is 11.5 Å². The number of aliphatic carboxylic acids is 1. The highest BCUT2D eigenvalue weighted by atomic mass is 35.5. The molecule has 104 valence electrons. The molecule has 4 nitrogen and oxygen atoms in total. The number of imidazole rings is 1. The van der Waals surface area contributed by atoms with Gasteiger partial charge in [-0.3, -0.25) is 4.79 Å². The standard InChI is InChI=1S/C13H17ClN2O2S/c14-11-10-2-1-9(13(17)18)7-16(10)12(15-11)8-3-5-19-6-4-8/h8-9H,1-7H2,(H,17,18). The van der Waals surface area contributed by atoms with E-state index in [1.54, 1.807) is 0 Å². The summed E-state index contributed by atoms with van der Waals surface area (Å²) in [5.41, 5.74) is 1.03. The minimum absolute atomic E-state index is 0.297. The number of carboxylic acids is 1. The zero-order valence-corrected chi connectivity index (χ0v) is 12.2. The average molecular weight is 301 g/mol. The minimum Gasteiger partial charge on any atom is -0.481 e. The van der Waals surface area contributed by atoms with Gasteiger partial charge in [-0.05, 0) is 37.2 Å². The van der Waals surface area contributed by atoms with Crippen molar-refractivity contribution in [2.45, 2.75) is 38.1 Å². The lowest BCUT2D eigenvalue weighted by molar-refractivity contribution is -0.142. The number of hydrogen-bond donors (Lipinski definition) is 1. The minimum atomic E-state index is -0.708. The molecule has 0 bridgehead atoms. The Bertz CT molecular complexity index is 497. The van der Waals surface area contributed by atoms with Crippen LogP contribution in [0.5, 0.6) is 0 Å². The summed E-state index contributed by atoms with van der Waals surface area (Å²) in [6.45, 7) is 0.531. The summed E-state index contributed by atoms with van der Waals surface area (Å²) in [5.74, 6) is 2.78. The predicted octanol–water partition coefficient (Wildman–Crippen LogP) is 2.79. The third-order valence-electron chi connectivity index (χ3n) is 4.12. The number of aromatic nitrogens is 2. The Kier molecular flexibility index (Phi) is 3.76. The predicted molar refractivity (Wildman–Crippen MR) is 76.0 cm³/mol. The van der Waals surface area contributed by atoms with Crippen molar-refractivity contribution in [1.29, 1.82) is 0 Å². The number of halogens is 1. The van der Waals surface area contributed by atoms with Crippen molar-refractivity contribution in [3.05, 3.63) is 16.7 Å². The Morgan fingerprint density at radius 1 is 1.37 bits per heavy atom. The lowest BCUT2D eigenvalue weighted by atomic mass is 9.96. The van der Waals surface area contributed by atoms with E-state index in [-0.39, 0.29) is 5.92 Å². The van der Waals surface area contributed by atoms with Crippen LogP contribution in [0.2, 0.25) is 5.15 Å². The Hall–Kier alpha value is -0.680. The Labute approximate surface area is 121 Å². The van der Waals surface area contributed by atoms with E-state index in [9.17, 15) is 9.90 Å². The maximum atomic E-state index is 11.2. The summed E-state index contributed by atoms with van der Waals surface area (Å²) >= 11 is 8.20. The molecule has 1 unspecified atom stereocenters. The van der Waals surface area contributed by atoms with Crippen molar-refractivity contribution in [2.24, 2.45) is 5.92 Å². The van der Waals surface area contributed by atoms with Crippen molar-refractivity contribution in [3.8, 4) is 0 Å². The summed E-state index contributed by atoms with van der Waals surface area (Å²) < 4.78 is 2.09. The lowest BCUT2D eigenvalue weighted by Gasteiger charge is -2.26. The smallest absolute Gasteiger partial charge is 0.308 e. The van der Waals surface area contributed by atoms with E-state index in [1.807, 2.05) is 11.8 Å². The Balaban J connectivity index is 1.91. The summed E-state index contributed by atoms with van der Waals surface area (Å²) in [4.78, 5) is 15.7. The molecule has 0 spiro atoms. The quantitative estimate of drug-likeness (QED) is 0.912. The Morgan fingerprint density at radius 3 is 2.79 bits per heavy atom. The molecule has 19 heavy (non-hydrogen) atoms. The summed E-state index contributed by atoms with van der Waals surface area (Å²) in [6, 6.07) is 0. The van der Waals surface area contributed by atoms with Crippen LogP contribution in [-0.2, 0) is 17.8 Å². The molecular weight excluding hydrogens is 284 g/mol. The van der Waals surface area contributed by atoms with Gasteiger partial charge in [0.1, 0.15) is 5.82 Å². The molecule has 1 N–H and O–H groups in total. The third-order valence-corrected chi connectivity index (χ3v) is 5.47. The summed E-state index contributed by atoms with van der Waals surface area (Å²) in [6.07, 6.45) is 3.63. The highest BCUT2D eigenvalue weighted by Crippen LogP contribution is 2.36. The van der Waals surface area contributed by atoms with E-state index in [2.05, 4.69) is 9.55 Å². The zero-order chi connectivity index (χ0) is 13.4. The van der Waals surface area contributed by atoms with E-state index < -0.39 is 5.97 Å². The fourth-order valence-electron chi connectivity index (χ4n) is 3.01. The molecule has 1 aromatic rings. The molecule has 0 amide bonds. The van der Waals surface area contributed by atoms with Gasteiger partial charge in [0.05, 0.1) is 11.6 Å². The van der Waals surface area contributed by atoms with Crippen molar-refractivity contribution < 1.29 is 9.90 Å². The largest absolute Gasteiger partial charge is 0.481 e. The normalized spacial score (nSPS) is 24.2. The highest BCUT2D eigenvalue weighted by molar-refractivity contribution is 7.99. The molecule has 6 heteroatoms. The van der Waals surface area contributed by atoms with Crippen LogP contribution in [0.4, 0.5) is 0 Å². The average Bonchev–Trinajstić information content (AvgIpc) is 2.77. The highest BCUT2D eigenvalue weighted by Gasteiger charge is 2.31. The first-order chi connectivity index (χ1) is 9.16. The van der Waals surface area contributed by atoms with Gasteiger partial charge < -0.3 is 9.67 Å². The Morgan fingerprint density at radius 2 is 2.11 bits per heavy atom. The zero-order valence-electron chi connectivity index (χ0n) is 10.6. The number of carboxylic acid groups (broad SMARTS) is 1. The number of rotatable bonds is 2. The van der Waals surface area contributed by atoms with E-state index in [4.69, 9.17) is 11.6 Å². The van der Waals surface area contributed by atoms with Crippen LogP contribution in [-0.4, -0.2) is 32.1 Å². The number of carbonyl (C=O) groups is 1. The van der Waals surface area contributed by atoms with Gasteiger partial charge in [-0.15, -0.1) is 0 Å². The van der Waals surface area contributed by atoms with Gasteiger partial charge in [0.25, 0.3) is 0 Å². The molecule has 0 aliphatic carbocycles. The molecule has 2 aliphatic heterocycles. The first-order valence-corrected chi connectivity index (χ1v) is 8.25. The van der Waals surface area contributed by atoms with Crippen LogP contribution < -0.4 is 0 Å². The second kappa shape index (κ2) is 5.37. The van der Waals surface area contributed by atoms with Crippen molar-refractivity contribution >= 4 is 29.3 Å². The van der Waals surface area contributed by atoms with Gasteiger partial charge >= 0.3 is 5.97 Å². The van der Waals surface area contributed by atoms with Crippen molar-refractivity contribution in [1.82, 2.24) is 9.55 Å². The molecule has 3 heterocycles. The van der Waals surface area contributed by atoms with E-state index in [0.717, 1.165) is 42.3 Å². The number of hydrogen-bond acceptors (Lipinski definition) is 3. The van der Waals surface area contributed by atoms with Crippen LogP contribution in [0.15, 0.2) is 0 Å². The van der Waals surface area contributed by atoms with Gasteiger partial charge in [0, 0.05) is 12.5 Å². The summed E-state index contributed by atoms with van der Waals surface area (Å²) in [5, 5.41) is 9.78. The van der Waals surface area contributed by atoms with Crippen LogP contribution in [0, 0.1) is 5.92 Å². The maximum absolute atomic E-state index is 11.2. The van der Waals surface area contributed by atoms with Gasteiger partial charge in [-0.25, -0.2) is 4.98 Å². The van der Waals surface area contributed by atoms with Gasteiger partial charge in [0.2, 0.25) is 0 Å². The van der Waals surface area contributed by atoms with E-state index in [1.165, 1.54) is 0 Å². The molecule has 2 aliphatic rings. The van der Waals surface area contributed by atoms with Gasteiger partial charge in [0.15, 0.2) is 5.15 Å². The molecule has 1 saturated heterocycles. The fourth-order valence-corrected chi connectivity index (χ4v) is 4.40. The fraction of sp³-hybridized carbons (Fsp3) is 0.692. The molecule has 1 fully saturated rings. The van der Waals surface area contributed by atoms with Gasteiger partial charge in [-0.2, -0.15) is 11.8 Å². The molecule has 0 radical (unpaired) electrons. The molecule has 0 aromatic carbocycles. The van der Waals surface area contributed by atoms with Crippen LogP contribution in [0.1, 0.15) is 36.7 Å². The molecule has 1 aromatic heterocycles. The first-order valence-electron chi connectivity index (χ1n) is 6.72. The maximum Gasteiger partial charge on any atom is 0.308 e. The molecule has 1 atom stereocenters. The van der Waals surface area contributed by atoms with Crippen LogP contribution in [0.25, 0.3) is 0 Å². The third kappa shape index (κ3) is 2.50. The first kappa shape index (κ1) is 13.3. The van der Waals surface area contributed by atoms with Crippen LogP contribution >= 0.6 is 23.4 Å². The molecule has 0 saturated carbocycles. The number of thioether (sulfide) groups is 1. The van der Waals surface area contributed by atoms with Crippen molar-refractivity contribution in [3.63, 3.8) is 0 Å². The van der Waals surface area contributed by atoms with Crippen LogP contribution in [0.3, 0.4) is 0 Å². The van der Waals surface area contributed by atoms with E-state index >= 15 is 0 Å². The lowest BCUT2D eigenvalue weighted by Crippen LogP contribution is -2.28. The SMILES string of the molecule is O=C(O)C1CCc2c(Cl)nc(C3CCSCC3)n2C1. The molecular formula is C13H17ClN2O2S. The topological polar surface area (TPSA) is 55.1 Å². The second-order valence-corrected chi connectivity index (χ2v) is 6.86. The second-order valence-electron chi connectivity index (χ2n) is 5.28. The monoisotopic (exact) mass is 300 g/mol. The number of nitrogens with zero attached hydrogens (tertiary/aromatic N) is 2. The number of fused-ring (bicyclic) bond motifs is 1. The summed E-state index contributed by atoms with van der Waals surface area (Å²) in [7, 11) is 0.